The molecule has 0 radical (unpaired) electrons. The van der Waals surface area contributed by atoms with Gasteiger partial charge in [-0.15, -0.1) is 0 Å². The molecular weight excluding hydrogens is 230 g/mol. The van der Waals surface area contributed by atoms with Crippen LogP contribution in [0.5, 0.6) is 0 Å². The summed E-state index contributed by atoms with van der Waals surface area (Å²) < 4.78 is 5.20. The Kier molecular flexibility index (Phi) is 3.58. The van der Waals surface area contributed by atoms with Crippen molar-refractivity contribution < 1.29 is 9.53 Å². The molecule has 18 heavy (non-hydrogen) atoms. The van der Waals surface area contributed by atoms with E-state index in [0.29, 0.717) is 31.7 Å². The maximum absolute atomic E-state index is 12.2. The summed E-state index contributed by atoms with van der Waals surface area (Å²) in [6.45, 7) is 2.80. The molecule has 5 nitrogen and oxygen atoms in total. The van der Waals surface area contributed by atoms with Crippen molar-refractivity contribution in [2.45, 2.75) is 19.8 Å². The summed E-state index contributed by atoms with van der Waals surface area (Å²) in [6.07, 6.45) is 4.17. The van der Waals surface area contributed by atoms with Gasteiger partial charge in [-0.2, -0.15) is 5.26 Å². The predicted molar refractivity (Wildman–Crippen MR) is 65.7 cm³/mol. The maximum Gasteiger partial charge on any atom is 0.245 e. The monoisotopic (exact) mass is 245 g/mol. The van der Waals surface area contributed by atoms with Gasteiger partial charge in [0.25, 0.3) is 0 Å². The van der Waals surface area contributed by atoms with Crippen LogP contribution in [0.15, 0.2) is 18.5 Å². The first-order chi connectivity index (χ1) is 8.66. The fraction of sp³-hybridized carbons (Fsp3) is 0.462. The molecule has 1 N–H and O–H groups in total. The Hall–Kier alpha value is -1.93. The van der Waals surface area contributed by atoms with Gasteiger partial charge in [0.05, 0.1) is 18.0 Å². The molecule has 1 saturated heterocycles. The van der Waals surface area contributed by atoms with Crippen molar-refractivity contribution in [1.82, 2.24) is 4.98 Å². The van der Waals surface area contributed by atoms with E-state index >= 15 is 0 Å². The molecule has 1 fully saturated rings. The smallest absolute Gasteiger partial charge is 0.245 e. The van der Waals surface area contributed by atoms with Gasteiger partial charge in [-0.25, -0.2) is 0 Å². The zero-order chi connectivity index (χ0) is 13.0. The SMILES string of the molecule is Cc1cncc(NC(=O)C2(C#N)CCOCC2)c1. The molecule has 0 bridgehead atoms. The van der Waals surface area contributed by atoms with E-state index in [4.69, 9.17) is 4.74 Å². The predicted octanol–water partition coefficient (Wildman–Crippen LogP) is 1.65. The molecule has 5 heteroatoms. The number of ether oxygens (including phenoxy) is 1. The number of anilines is 1. The lowest BCUT2D eigenvalue weighted by atomic mass is 9.81. The number of hydrogen-bond acceptors (Lipinski definition) is 4. The molecule has 0 aliphatic carbocycles. The first kappa shape index (κ1) is 12.5. The number of nitrogens with one attached hydrogen (secondary N) is 1. The highest BCUT2D eigenvalue weighted by atomic mass is 16.5. The van der Waals surface area contributed by atoms with Crippen LogP contribution in [0, 0.1) is 23.7 Å². The van der Waals surface area contributed by atoms with Crippen molar-refractivity contribution in [1.29, 1.82) is 5.26 Å². The number of hydrogen-bond donors (Lipinski definition) is 1. The highest BCUT2D eigenvalue weighted by Crippen LogP contribution is 2.31. The average Bonchev–Trinajstić information content (AvgIpc) is 2.39. The lowest BCUT2D eigenvalue weighted by Crippen LogP contribution is -2.39. The number of aryl methyl sites for hydroxylation is 1. The van der Waals surface area contributed by atoms with Gasteiger partial charge in [0.2, 0.25) is 5.91 Å². The van der Waals surface area contributed by atoms with Crippen LogP contribution in [-0.4, -0.2) is 24.1 Å². The first-order valence-electron chi connectivity index (χ1n) is 5.88. The molecule has 94 valence electrons. The lowest BCUT2D eigenvalue weighted by Gasteiger charge is -2.29. The molecule has 1 aliphatic rings. The number of aromatic nitrogens is 1. The Morgan fingerprint density at radius 1 is 1.50 bits per heavy atom. The first-order valence-corrected chi connectivity index (χ1v) is 5.88. The van der Waals surface area contributed by atoms with E-state index in [1.54, 1.807) is 12.4 Å². The van der Waals surface area contributed by atoms with E-state index in [2.05, 4.69) is 16.4 Å². The number of nitriles is 1. The average molecular weight is 245 g/mol. The number of pyridine rings is 1. The van der Waals surface area contributed by atoms with E-state index in [0.717, 1.165) is 5.56 Å². The van der Waals surface area contributed by atoms with E-state index < -0.39 is 5.41 Å². The summed E-state index contributed by atoms with van der Waals surface area (Å²) in [6, 6.07) is 3.97. The zero-order valence-electron chi connectivity index (χ0n) is 10.3. The van der Waals surface area contributed by atoms with Crippen molar-refractivity contribution in [3.63, 3.8) is 0 Å². The van der Waals surface area contributed by atoms with Crippen molar-refractivity contribution in [3.05, 3.63) is 24.0 Å². The number of carbonyl (C=O) groups excluding carboxylic acids is 1. The Morgan fingerprint density at radius 2 is 2.22 bits per heavy atom. The Morgan fingerprint density at radius 3 is 2.83 bits per heavy atom. The number of carbonyl (C=O) groups is 1. The Balaban J connectivity index is 2.13. The normalized spacial score (nSPS) is 17.8. The maximum atomic E-state index is 12.2. The number of rotatable bonds is 2. The fourth-order valence-electron chi connectivity index (χ4n) is 1.98. The molecule has 1 aromatic rings. The minimum Gasteiger partial charge on any atom is -0.381 e. The molecule has 0 unspecified atom stereocenters. The summed E-state index contributed by atoms with van der Waals surface area (Å²) in [5, 5.41) is 12.0. The van der Waals surface area contributed by atoms with Gasteiger partial charge >= 0.3 is 0 Å². The van der Waals surface area contributed by atoms with E-state index in [9.17, 15) is 10.1 Å². The van der Waals surface area contributed by atoms with Gasteiger partial charge < -0.3 is 10.1 Å². The third-order valence-electron chi connectivity index (χ3n) is 3.13. The minimum atomic E-state index is -0.970. The van der Waals surface area contributed by atoms with Crippen molar-refractivity contribution >= 4 is 11.6 Å². The zero-order valence-corrected chi connectivity index (χ0v) is 10.3. The minimum absolute atomic E-state index is 0.263. The summed E-state index contributed by atoms with van der Waals surface area (Å²) in [4.78, 5) is 16.2. The summed E-state index contributed by atoms with van der Waals surface area (Å²) in [7, 11) is 0. The molecule has 1 amide bonds. The van der Waals surface area contributed by atoms with Gasteiger partial charge in [0.15, 0.2) is 0 Å². The summed E-state index contributed by atoms with van der Waals surface area (Å²) in [5.74, 6) is -0.263. The van der Waals surface area contributed by atoms with Gasteiger partial charge in [-0.1, -0.05) is 0 Å². The standard InChI is InChI=1S/C13H15N3O2/c1-10-6-11(8-15-7-10)16-12(17)13(9-14)2-4-18-5-3-13/h6-8H,2-5H2,1H3,(H,16,17). The van der Waals surface area contributed by atoms with Crippen LogP contribution in [0.1, 0.15) is 18.4 Å². The van der Waals surface area contributed by atoms with Crippen LogP contribution < -0.4 is 5.32 Å². The van der Waals surface area contributed by atoms with Crippen LogP contribution in [0.25, 0.3) is 0 Å². The summed E-state index contributed by atoms with van der Waals surface area (Å²) in [5.41, 5.74) is 0.619. The largest absolute Gasteiger partial charge is 0.381 e. The third kappa shape index (κ3) is 2.49. The third-order valence-corrected chi connectivity index (χ3v) is 3.13. The Labute approximate surface area is 106 Å². The van der Waals surface area contributed by atoms with E-state index in [1.807, 2.05) is 13.0 Å². The summed E-state index contributed by atoms with van der Waals surface area (Å²) >= 11 is 0. The molecule has 2 rings (SSSR count). The Bertz CT molecular complexity index is 487. The highest BCUT2D eigenvalue weighted by molar-refractivity contribution is 5.97. The number of nitrogens with zero attached hydrogens (tertiary/aromatic N) is 2. The van der Waals surface area contributed by atoms with Crippen molar-refractivity contribution in [3.8, 4) is 6.07 Å². The van der Waals surface area contributed by atoms with Crippen molar-refractivity contribution in [2.24, 2.45) is 5.41 Å². The lowest BCUT2D eigenvalue weighted by molar-refractivity contribution is -0.126. The van der Waals surface area contributed by atoms with Crippen LogP contribution in [0.2, 0.25) is 0 Å². The van der Waals surface area contributed by atoms with E-state index in [1.165, 1.54) is 0 Å². The van der Waals surface area contributed by atoms with Gasteiger partial charge in [-0.05, 0) is 31.4 Å². The molecule has 0 saturated carbocycles. The second-order valence-corrected chi connectivity index (χ2v) is 4.51. The fourth-order valence-corrected chi connectivity index (χ4v) is 1.98. The second kappa shape index (κ2) is 5.15. The molecule has 0 atom stereocenters. The van der Waals surface area contributed by atoms with Crippen LogP contribution in [-0.2, 0) is 9.53 Å². The highest BCUT2D eigenvalue weighted by Gasteiger charge is 2.40. The second-order valence-electron chi connectivity index (χ2n) is 4.51. The molecule has 2 heterocycles. The van der Waals surface area contributed by atoms with Crippen LogP contribution in [0.4, 0.5) is 5.69 Å². The van der Waals surface area contributed by atoms with Gasteiger partial charge in [-0.3, -0.25) is 9.78 Å². The molecule has 1 aromatic heterocycles. The number of amides is 1. The molecule has 1 aliphatic heterocycles. The molecular formula is C13H15N3O2. The molecule has 0 spiro atoms. The van der Waals surface area contributed by atoms with Crippen LogP contribution >= 0.6 is 0 Å². The molecule has 0 aromatic carbocycles. The van der Waals surface area contributed by atoms with Crippen LogP contribution in [0.3, 0.4) is 0 Å². The van der Waals surface area contributed by atoms with Crippen molar-refractivity contribution in [2.75, 3.05) is 18.5 Å². The topological polar surface area (TPSA) is 75.0 Å². The van der Waals surface area contributed by atoms with E-state index in [-0.39, 0.29) is 5.91 Å². The van der Waals surface area contributed by atoms with Gasteiger partial charge in [0.1, 0.15) is 5.41 Å². The van der Waals surface area contributed by atoms with Gasteiger partial charge in [0, 0.05) is 19.4 Å². The quantitative estimate of drug-likeness (QED) is 0.859.